The summed E-state index contributed by atoms with van der Waals surface area (Å²) in [5, 5.41) is 4.53. The van der Waals surface area contributed by atoms with E-state index in [2.05, 4.69) is 26.6 Å². The number of alkyl halides is 3. The van der Waals surface area contributed by atoms with Crippen LogP contribution in [0.25, 0.3) is 22.0 Å². The monoisotopic (exact) mass is 421 g/mol. The number of halogens is 3. The second kappa shape index (κ2) is 6.71. The van der Waals surface area contributed by atoms with Crippen molar-refractivity contribution in [2.45, 2.75) is 11.1 Å². The van der Waals surface area contributed by atoms with Crippen LogP contribution in [0.15, 0.2) is 58.7 Å². The minimum absolute atomic E-state index is 0.0765. The maximum absolute atomic E-state index is 13.7. The minimum atomic E-state index is -4.87. The van der Waals surface area contributed by atoms with Crippen LogP contribution in [-0.2, 0) is 16.0 Å². The van der Waals surface area contributed by atoms with Gasteiger partial charge in [0.25, 0.3) is 0 Å². The number of sulfone groups is 1. The van der Waals surface area contributed by atoms with E-state index in [-0.39, 0.29) is 17.0 Å². The van der Waals surface area contributed by atoms with Crippen LogP contribution in [0, 0.1) is 0 Å². The summed E-state index contributed by atoms with van der Waals surface area (Å²) < 4.78 is 66.0. The molecule has 11 heteroatoms. The van der Waals surface area contributed by atoms with Crippen LogP contribution in [0.1, 0.15) is 11.1 Å². The second-order valence-electron chi connectivity index (χ2n) is 6.33. The molecule has 0 saturated carbocycles. The third-order valence-corrected chi connectivity index (χ3v) is 5.58. The van der Waals surface area contributed by atoms with E-state index >= 15 is 0 Å². The molecule has 0 amide bonds. The molecule has 3 aromatic rings. The van der Waals surface area contributed by atoms with E-state index in [0.717, 1.165) is 12.3 Å². The van der Waals surface area contributed by atoms with E-state index in [0.29, 0.717) is 16.5 Å². The minimum Gasteiger partial charge on any atom is -0.285 e. The first-order chi connectivity index (χ1) is 13.7. The van der Waals surface area contributed by atoms with Crippen LogP contribution < -0.4 is 16.5 Å². The predicted molar refractivity (Wildman–Crippen MR) is 101 cm³/mol. The number of hydrogen-bond donors (Lipinski definition) is 3. The van der Waals surface area contributed by atoms with Gasteiger partial charge in [-0.2, -0.15) is 13.2 Å². The molecular formula is C18H14F3N5O2S. The standard InChI is InChI=1S/C18H14F3N5O2S/c1-29(27,28)16-13(18(19,20)21)8-7-12(15(16)17-23-25-26-24-17)10-4-2-6-14-11(10)5-3-9-22-14/h2-9,25-26H,1H3,(H,23,24). The first-order valence-corrected chi connectivity index (χ1v) is 10.2. The molecule has 1 aromatic heterocycles. The number of hydrazone groups is 1. The van der Waals surface area contributed by atoms with Gasteiger partial charge in [0.1, 0.15) is 0 Å². The van der Waals surface area contributed by atoms with Crippen molar-refractivity contribution in [1.29, 1.82) is 0 Å². The molecular weight excluding hydrogens is 407 g/mol. The second-order valence-corrected chi connectivity index (χ2v) is 8.29. The van der Waals surface area contributed by atoms with E-state index in [1.165, 1.54) is 6.07 Å². The molecule has 0 spiro atoms. The fraction of sp³-hybridized carbons (Fsp3) is 0.111. The van der Waals surface area contributed by atoms with Gasteiger partial charge in [-0.15, -0.1) is 10.6 Å². The van der Waals surface area contributed by atoms with Crippen molar-refractivity contribution in [3.63, 3.8) is 0 Å². The Kier molecular flexibility index (Phi) is 4.43. The van der Waals surface area contributed by atoms with Crippen molar-refractivity contribution in [2.24, 2.45) is 5.10 Å². The molecule has 2 aromatic carbocycles. The lowest BCUT2D eigenvalue weighted by Crippen LogP contribution is -2.36. The molecule has 0 radical (unpaired) electrons. The van der Waals surface area contributed by atoms with Gasteiger partial charge in [0, 0.05) is 23.4 Å². The summed E-state index contributed by atoms with van der Waals surface area (Å²) in [6.07, 6.45) is -2.53. The maximum Gasteiger partial charge on any atom is 0.417 e. The molecule has 0 fully saturated rings. The SMILES string of the molecule is CS(=O)(=O)c1c(C(F)(F)F)ccc(-c2cccc3ncccc23)c1C1=NNNN1. The number of hydrazine groups is 2. The van der Waals surface area contributed by atoms with Crippen molar-refractivity contribution in [1.82, 2.24) is 21.5 Å². The van der Waals surface area contributed by atoms with Crippen LogP contribution >= 0.6 is 0 Å². The number of rotatable bonds is 3. The van der Waals surface area contributed by atoms with Crippen LogP contribution in [0.5, 0.6) is 0 Å². The zero-order valence-corrected chi connectivity index (χ0v) is 15.7. The number of aromatic nitrogens is 1. The summed E-state index contributed by atoms with van der Waals surface area (Å²) in [5.74, 6) is -0.0765. The van der Waals surface area contributed by atoms with Crippen LogP contribution in [-0.4, -0.2) is 25.5 Å². The van der Waals surface area contributed by atoms with Crippen molar-refractivity contribution >= 4 is 26.6 Å². The van der Waals surface area contributed by atoms with E-state index in [1.807, 2.05) is 0 Å². The molecule has 1 aliphatic heterocycles. The van der Waals surface area contributed by atoms with Crippen molar-refractivity contribution in [3.05, 3.63) is 59.8 Å². The van der Waals surface area contributed by atoms with Crippen molar-refractivity contribution in [2.75, 3.05) is 6.26 Å². The summed E-state index contributed by atoms with van der Waals surface area (Å²) in [6.45, 7) is 0. The smallest absolute Gasteiger partial charge is 0.285 e. The lowest BCUT2D eigenvalue weighted by Gasteiger charge is -2.19. The summed E-state index contributed by atoms with van der Waals surface area (Å²) in [4.78, 5) is 3.41. The number of pyridine rings is 1. The first-order valence-electron chi connectivity index (χ1n) is 8.30. The zero-order chi connectivity index (χ0) is 20.8. The lowest BCUT2D eigenvalue weighted by atomic mass is 9.93. The van der Waals surface area contributed by atoms with Gasteiger partial charge in [-0.1, -0.05) is 24.3 Å². The Balaban J connectivity index is 2.16. The maximum atomic E-state index is 13.7. The van der Waals surface area contributed by atoms with Gasteiger partial charge < -0.3 is 0 Å². The normalized spacial score (nSPS) is 14.4. The van der Waals surface area contributed by atoms with Crippen molar-refractivity contribution in [3.8, 4) is 11.1 Å². The third-order valence-electron chi connectivity index (χ3n) is 4.41. The quantitative estimate of drug-likeness (QED) is 0.602. The van der Waals surface area contributed by atoms with E-state index in [4.69, 9.17) is 0 Å². The summed E-state index contributed by atoms with van der Waals surface area (Å²) in [7, 11) is -4.28. The Bertz CT molecular complexity index is 1250. The van der Waals surface area contributed by atoms with Gasteiger partial charge in [0.15, 0.2) is 15.7 Å². The molecule has 0 saturated heterocycles. The van der Waals surface area contributed by atoms with Crippen molar-refractivity contribution < 1.29 is 21.6 Å². The zero-order valence-electron chi connectivity index (χ0n) is 14.9. The van der Waals surface area contributed by atoms with Gasteiger partial charge in [0.05, 0.1) is 16.0 Å². The fourth-order valence-corrected chi connectivity index (χ4v) is 4.47. The van der Waals surface area contributed by atoms with Crippen LogP contribution in [0.2, 0.25) is 0 Å². The molecule has 4 rings (SSSR count). The van der Waals surface area contributed by atoms with Gasteiger partial charge >= 0.3 is 6.18 Å². The summed E-state index contributed by atoms with van der Waals surface area (Å²) in [6, 6.07) is 10.6. The molecule has 0 unspecified atom stereocenters. The van der Waals surface area contributed by atoms with Gasteiger partial charge in [-0.05, 0) is 29.3 Å². The van der Waals surface area contributed by atoms with Gasteiger partial charge in [-0.25, -0.2) is 14.0 Å². The molecule has 2 heterocycles. The highest BCUT2D eigenvalue weighted by Gasteiger charge is 2.39. The Labute approximate surface area is 163 Å². The average Bonchev–Trinajstić information content (AvgIpc) is 3.19. The van der Waals surface area contributed by atoms with E-state index < -0.39 is 26.5 Å². The van der Waals surface area contributed by atoms with E-state index in [9.17, 15) is 21.6 Å². The highest BCUT2D eigenvalue weighted by atomic mass is 32.2. The number of nitrogens with zero attached hydrogens (tertiary/aromatic N) is 2. The molecule has 7 nitrogen and oxygen atoms in total. The average molecular weight is 421 g/mol. The Morgan fingerprint density at radius 3 is 2.45 bits per heavy atom. The Hall–Kier alpha value is -3.18. The van der Waals surface area contributed by atoms with Crippen LogP contribution in [0.3, 0.4) is 0 Å². The predicted octanol–water partition coefficient (Wildman–Crippen LogP) is 2.60. The molecule has 29 heavy (non-hydrogen) atoms. The number of benzene rings is 2. The first kappa shape index (κ1) is 19.2. The van der Waals surface area contributed by atoms with Gasteiger partial charge in [-0.3, -0.25) is 10.4 Å². The lowest BCUT2D eigenvalue weighted by molar-refractivity contribution is -0.139. The van der Waals surface area contributed by atoms with Crippen LogP contribution in [0.4, 0.5) is 13.2 Å². The molecule has 1 aliphatic rings. The Morgan fingerprint density at radius 1 is 1.00 bits per heavy atom. The highest BCUT2D eigenvalue weighted by molar-refractivity contribution is 7.90. The molecule has 3 N–H and O–H groups in total. The number of amidine groups is 1. The summed E-state index contributed by atoms with van der Waals surface area (Å²) in [5.41, 5.74) is 7.34. The summed E-state index contributed by atoms with van der Waals surface area (Å²) >= 11 is 0. The number of nitrogens with one attached hydrogen (secondary N) is 3. The fourth-order valence-electron chi connectivity index (χ4n) is 3.31. The molecule has 150 valence electrons. The number of fused-ring (bicyclic) bond motifs is 1. The van der Waals surface area contributed by atoms with E-state index in [1.54, 1.807) is 36.5 Å². The topological polar surface area (TPSA) is 95.5 Å². The highest BCUT2D eigenvalue weighted by Crippen LogP contribution is 2.41. The number of hydrogen-bond acceptors (Lipinski definition) is 7. The third kappa shape index (κ3) is 3.38. The Morgan fingerprint density at radius 2 is 1.79 bits per heavy atom. The largest absolute Gasteiger partial charge is 0.417 e. The molecule has 0 atom stereocenters. The molecule has 0 bridgehead atoms. The van der Waals surface area contributed by atoms with Gasteiger partial charge in [0.2, 0.25) is 0 Å². The molecule has 0 aliphatic carbocycles.